The van der Waals surface area contributed by atoms with Crippen molar-refractivity contribution in [2.75, 3.05) is 18.4 Å². The Morgan fingerprint density at radius 2 is 1.69 bits per heavy atom. The Bertz CT molecular complexity index is 1090. The summed E-state index contributed by atoms with van der Waals surface area (Å²) in [5, 5.41) is 11.4. The quantitative estimate of drug-likeness (QED) is 0.468. The van der Waals surface area contributed by atoms with Crippen molar-refractivity contribution in [3.63, 3.8) is 0 Å². The number of benzene rings is 1. The van der Waals surface area contributed by atoms with Crippen LogP contribution in [0.25, 0.3) is 11.3 Å². The van der Waals surface area contributed by atoms with Gasteiger partial charge in [-0.25, -0.2) is 17.6 Å². The van der Waals surface area contributed by atoms with Crippen molar-refractivity contribution in [1.29, 1.82) is 0 Å². The Morgan fingerprint density at radius 3 is 2.34 bits per heavy atom. The largest absolute Gasteiger partial charge is 0.366 e. The molecule has 32 heavy (non-hydrogen) atoms. The van der Waals surface area contributed by atoms with Crippen molar-refractivity contribution >= 4 is 5.82 Å². The minimum absolute atomic E-state index is 0.0692. The van der Waals surface area contributed by atoms with Crippen LogP contribution in [0.15, 0.2) is 42.6 Å². The lowest BCUT2D eigenvalue weighted by Crippen LogP contribution is -2.25. The molecule has 0 radical (unpaired) electrons. The van der Waals surface area contributed by atoms with Gasteiger partial charge in [-0.2, -0.15) is 0 Å². The van der Waals surface area contributed by atoms with Crippen LogP contribution >= 0.6 is 0 Å². The number of hydrogen-bond donors (Lipinski definition) is 1. The smallest absolute Gasteiger partial charge is 0.168 e. The molecular formula is C23H21F4N5. The number of nitrogens with one attached hydrogen (secondary N) is 1. The molecule has 166 valence electrons. The molecule has 3 aromatic rings. The summed E-state index contributed by atoms with van der Waals surface area (Å²) in [5.41, 5.74) is 0.679. The van der Waals surface area contributed by atoms with Crippen LogP contribution in [0.1, 0.15) is 18.5 Å². The molecule has 5 nitrogen and oxygen atoms in total. The number of likely N-dealkylation sites (tertiary alicyclic amines) is 1. The maximum atomic E-state index is 14.0. The molecule has 1 aromatic carbocycles. The lowest BCUT2D eigenvalue weighted by atomic mass is 10.0. The van der Waals surface area contributed by atoms with Gasteiger partial charge in [-0.3, -0.25) is 9.88 Å². The van der Waals surface area contributed by atoms with Gasteiger partial charge in [0.2, 0.25) is 0 Å². The summed E-state index contributed by atoms with van der Waals surface area (Å²) in [6.45, 7) is 2.66. The molecule has 0 spiro atoms. The molecule has 1 aliphatic carbocycles. The average Bonchev–Trinajstić information content (AvgIpc) is 3.31. The standard InChI is InChI=1S/C23H21F4N5/c24-15-1-2-17(28-9-15)12-32-10-13-5-18(6-14(13)11-32)29-22-4-3-21(30-31-22)19-7-16(25)8-20(26)23(19)27/h1-4,7-9,13-14,18H,5-6,10-12H2,(H,29,31)/t13-,14+,18?. The highest BCUT2D eigenvalue weighted by molar-refractivity contribution is 5.60. The first-order valence-electron chi connectivity index (χ1n) is 10.5. The van der Waals surface area contributed by atoms with Crippen LogP contribution in [0.3, 0.4) is 0 Å². The third-order valence-corrected chi connectivity index (χ3v) is 6.29. The molecule has 2 aromatic heterocycles. The second kappa shape index (κ2) is 8.46. The molecule has 1 unspecified atom stereocenters. The number of pyridine rings is 1. The van der Waals surface area contributed by atoms with Crippen molar-refractivity contribution in [3.8, 4) is 11.3 Å². The Hall–Kier alpha value is -3.07. The molecule has 2 aliphatic rings. The summed E-state index contributed by atoms with van der Waals surface area (Å²) < 4.78 is 53.9. The molecule has 3 atom stereocenters. The second-order valence-electron chi connectivity index (χ2n) is 8.55. The third-order valence-electron chi connectivity index (χ3n) is 6.29. The molecular weight excluding hydrogens is 422 g/mol. The zero-order valence-corrected chi connectivity index (χ0v) is 17.1. The minimum Gasteiger partial charge on any atom is -0.366 e. The molecule has 1 aliphatic heterocycles. The van der Waals surface area contributed by atoms with Crippen LogP contribution in [0.4, 0.5) is 23.4 Å². The average molecular weight is 443 g/mol. The van der Waals surface area contributed by atoms with Crippen LogP contribution in [0, 0.1) is 35.1 Å². The lowest BCUT2D eigenvalue weighted by Gasteiger charge is -2.19. The first kappa shape index (κ1) is 20.8. The van der Waals surface area contributed by atoms with Crippen LogP contribution in [-0.2, 0) is 6.54 Å². The molecule has 0 bridgehead atoms. The molecule has 5 rings (SSSR count). The number of fused-ring (bicyclic) bond motifs is 1. The summed E-state index contributed by atoms with van der Waals surface area (Å²) in [6.07, 6.45) is 3.23. The van der Waals surface area contributed by atoms with E-state index in [-0.39, 0.29) is 23.1 Å². The first-order valence-corrected chi connectivity index (χ1v) is 10.5. The van der Waals surface area contributed by atoms with Crippen LogP contribution in [-0.4, -0.2) is 39.2 Å². The van der Waals surface area contributed by atoms with E-state index < -0.39 is 17.5 Å². The SMILES string of the molecule is Fc1ccc(CN2C[C@H]3CC(Nc4ccc(-c5cc(F)cc(F)c5F)nn4)C[C@H]3C2)nc1. The van der Waals surface area contributed by atoms with Gasteiger partial charge in [0.25, 0.3) is 0 Å². The van der Waals surface area contributed by atoms with E-state index in [9.17, 15) is 17.6 Å². The number of hydrogen-bond acceptors (Lipinski definition) is 5. The van der Waals surface area contributed by atoms with Gasteiger partial charge >= 0.3 is 0 Å². The zero-order chi connectivity index (χ0) is 22.2. The molecule has 0 amide bonds. The third kappa shape index (κ3) is 4.29. The summed E-state index contributed by atoms with van der Waals surface area (Å²) >= 11 is 0. The van der Waals surface area contributed by atoms with E-state index in [1.165, 1.54) is 18.3 Å². The number of nitrogens with zero attached hydrogens (tertiary/aromatic N) is 4. The van der Waals surface area contributed by atoms with Gasteiger partial charge in [-0.05, 0) is 55.0 Å². The number of aromatic nitrogens is 3. The molecule has 1 N–H and O–H groups in total. The minimum atomic E-state index is -1.26. The van der Waals surface area contributed by atoms with Crippen LogP contribution in [0.2, 0.25) is 0 Å². The fourth-order valence-electron chi connectivity index (χ4n) is 4.88. The highest BCUT2D eigenvalue weighted by atomic mass is 19.2. The predicted octanol–water partition coefficient (Wildman–Crippen LogP) is 4.42. The summed E-state index contributed by atoms with van der Waals surface area (Å²) in [7, 11) is 0. The number of anilines is 1. The predicted molar refractivity (Wildman–Crippen MR) is 110 cm³/mol. The van der Waals surface area contributed by atoms with Gasteiger partial charge in [0.05, 0.1) is 17.6 Å². The maximum absolute atomic E-state index is 14.0. The van der Waals surface area contributed by atoms with Gasteiger partial charge in [0.1, 0.15) is 17.5 Å². The summed E-state index contributed by atoms with van der Waals surface area (Å²) in [6, 6.07) is 7.95. The molecule has 1 saturated carbocycles. The molecule has 1 saturated heterocycles. The molecule has 2 fully saturated rings. The van der Waals surface area contributed by atoms with E-state index in [0.29, 0.717) is 23.7 Å². The highest BCUT2D eigenvalue weighted by Crippen LogP contribution is 2.39. The van der Waals surface area contributed by atoms with Gasteiger partial charge in [-0.1, -0.05) is 0 Å². The Balaban J connectivity index is 1.17. The zero-order valence-electron chi connectivity index (χ0n) is 17.1. The Labute approximate surface area is 182 Å². The maximum Gasteiger partial charge on any atom is 0.168 e. The number of halogens is 4. The van der Waals surface area contributed by atoms with Crippen molar-refractivity contribution < 1.29 is 17.6 Å². The lowest BCUT2D eigenvalue weighted by molar-refractivity contribution is 0.297. The fraction of sp³-hybridized carbons (Fsp3) is 0.348. The van der Waals surface area contributed by atoms with E-state index in [1.54, 1.807) is 12.1 Å². The van der Waals surface area contributed by atoms with E-state index in [4.69, 9.17) is 0 Å². The van der Waals surface area contributed by atoms with Gasteiger partial charge < -0.3 is 5.32 Å². The second-order valence-corrected chi connectivity index (χ2v) is 8.55. The fourth-order valence-corrected chi connectivity index (χ4v) is 4.88. The van der Waals surface area contributed by atoms with Crippen LogP contribution < -0.4 is 5.32 Å². The normalized spacial score (nSPS) is 22.8. The monoisotopic (exact) mass is 443 g/mol. The topological polar surface area (TPSA) is 53.9 Å². The van der Waals surface area contributed by atoms with Crippen LogP contribution in [0.5, 0.6) is 0 Å². The van der Waals surface area contributed by atoms with Crippen molar-refractivity contribution in [1.82, 2.24) is 20.1 Å². The summed E-state index contributed by atoms with van der Waals surface area (Å²) in [5.74, 6) is -1.94. The first-order chi connectivity index (χ1) is 15.4. The van der Waals surface area contributed by atoms with Gasteiger partial charge in [0, 0.05) is 37.3 Å². The molecule has 3 heterocycles. The Morgan fingerprint density at radius 1 is 0.906 bits per heavy atom. The summed E-state index contributed by atoms with van der Waals surface area (Å²) in [4.78, 5) is 6.50. The van der Waals surface area contributed by atoms with E-state index >= 15 is 0 Å². The van der Waals surface area contributed by atoms with Gasteiger partial charge in [0.15, 0.2) is 11.6 Å². The van der Waals surface area contributed by atoms with E-state index in [1.807, 2.05) is 0 Å². The van der Waals surface area contributed by atoms with Crippen molar-refractivity contribution in [2.24, 2.45) is 11.8 Å². The number of rotatable bonds is 5. The van der Waals surface area contributed by atoms with E-state index in [2.05, 4.69) is 25.4 Å². The Kier molecular flexibility index (Phi) is 5.50. The van der Waals surface area contributed by atoms with Crippen molar-refractivity contribution in [3.05, 3.63) is 71.6 Å². The highest BCUT2D eigenvalue weighted by Gasteiger charge is 2.40. The van der Waals surface area contributed by atoms with Crippen molar-refractivity contribution in [2.45, 2.75) is 25.4 Å². The molecule has 9 heteroatoms. The van der Waals surface area contributed by atoms with E-state index in [0.717, 1.165) is 44.2 Å². The van der Waals surface area contributed by atoms with Gasteiger partial charge in [-0.15, -0.1) is 10.2 Å².